The van der Waals surface area contributed by atoms with Crippen LogP contribution in [0.2, 0.25) is 0 Å². The summed E-state index contributed by atoms with van der Waals surface area (Å²) in [7, 11) is 1.66. The van der Waals surface area contributed by atoms with E-state index in [1.807, 2.05) is 54.6 Å². The second-order valence-electron chi connectivity index (χ2n) is 6.16. The van der Waals surface area contributed by atoms with Crippen molar-refractivity contribution in [2.45, 2.75) is 6.42 Å². The minimum atomic E-state index is -0.0116. The molecule has 1 aromatic carbocycles. The van der Waals surface area contributed by atoms with Gasteiger partial charge in [0, 0.05) is 36.1 Å². The number of hydrogen-bond donors (Lipinski definition) is 2. The quantitative estimate of drug-likeness (QED) is 0.760. The van der Waals surface area contributed by atoms with Crippen LogP contribution in [0, 0.1) is 0 Å². The van der Waals surface area contributed by atoms with Gasteiger partial charge in [0.2, 0.25) is 0 Å². The number of amides is 1. The number of aromatic amines is 1. The number of benzene rings is 1. The van der Waals surface area contributed by atoms with Crippen molar-refractivity contribution in [1.82, 2.24) is 15.3 Å². The third-order valence-corrected chi connectivity index (χ3v) is 4.46. The summed E-state index contributed by atoms with van der Waals surface area (Å²) in [6.07, 6.45) is 6.60. The van der Waals surface area contributed by atoms with Crippen LogP contribution in [0.4, 0.5) is 0 Å². The van der Waals surface area contributed by atoms with Gasteiger partial charge < -0.3 is 15.0 Å². The minimum absolute atomic E-state index is 0.0116. The predicted molar refractivity (Wildman–Crippen MR) is 102 cm³/mol. The maximum Gasteiger partial charge on any atom is 0.253 e. The zero-order chi connectivity index (χ0) is 17.9. The molecule has 4 rings (SSSR count). The Labute approximate surface area is 151 Å². The SMILES string of the molecule is COc1ccc(/C=C\c2cc(-c3cc4c([nH]3)CCNC4=O)ccn2)cc1. The summed E-state index contributed by atoms with van der Waals surface area (Å²) in [5.41, 5.74) is 5.61. The van der Waals surface area contributed by atoms with Crippen LogP contribution in [-0.2, 0) is 6.42 Å². The van der Waals surface area contributed by atoms with Crippen molar-refractivity contribution in [2.24, 2.45) is 0 Å². The van der Waals surface area contributed by atoms with E-state index in [4.69, 9.17) is 4.74 Å². The van der Waals surface area contributed by atoms with E-state index in [9.17, 15) is 4.79 Å². The van der Waals surface area contributed by atoms with Gasteiger partial charge in [-0.15, -0.1) is 0 Å². The largest absolute Gasteiger partial charge is 0.497 e. The molecule has 1 aliphatic rings. The van der Waals surface area contributed by atoms with Crippen LogP contribution in [0.5, 0.6) is 5.75 Å². The highest BCUT2D eigenvalue weighted by molar-refractivity contribution is 5.97. The summed E-state index contributed by atoms with van der Waals surface area (Å²) in [6.45, 7) is 0.679. The zero-order valence-corrected chi connectivity index (χ0v) is 14.5. The number of fused-ring (bicyclic) bond motifs is 1. The fourth-order valence-electron chi connectivity index (χ4n) is 3.05. The van der Waals surface area contributed by atoms with Crippen molar-refractivity contribution in [3.63, 3.8) is 0 Å². The van der Waals surface area contributed by atoms with Gasteiger partial charge >= 0.3 is 0 Å². The number of nitrogens with zero attached hydrogens (tertiary/aromatic N) is 1. The third-order valence-electron chi connectivity index (χ3n) is 4.46. The molecule has 5 nitrogen and oxygen atoms in total. The lowest BCUT2D eigenvalue weighted by Crippen LogP contribution is -2.31. The Morgan fingerprint density at radius 2 is 1.96 bits per heavy atom. The minimum Gasteiger partial charge on any atom is -0.497 e. The fraction of sp³-hybridized carbons (Fsp3) is 0.143. The van der Waals surface area contributed by atoms with Crippen molar-refractivity contribution in [3.05, 3.63) is 71.2 Å². The Morgan fingerprint density at radius 1 is 1.12 bits per heavy atom. The molecule has 0 atom stereocenters. The molecule has 0 fully saturated rings. The van der Waals surface area contributed by atoms with Gasteiger partial charge in [-0.3, -0.25) is 9.78 Å². The molecule has 3 heterocycles. The summed E-state index contributed by atoms with van der Waals surface area (Å²) in [5.74, 6) is 0.824. The highest BCUT2D eigenvalue weighted by Crippen LogP contribution is 2.24. The van der Waals surface area contributed by atoms with E-state index in [1.165, 1.54) is 0 Å². The first kappa shape index (κ1) is 16.1. The van der Waals surface area contributed by atoms with Gasteiger partial charge in [0.15, 0.2) is 0 Å². The number of ether oxygens (including phenoxy) is 1. The number of carbonyl (C=O) groups is 1. The average Bonchev–Trinajstić information content (AvgIpc) is 3.13. The molecule has 130 valence electrons. The Kier molecular flexibility index (Phi) is 4.27. The molecule has 3 aromatic rings. The molecule has 0 unspecified atom stereocenters. The highest BCUT2D eigenvalue weighted by Gasteiger charge is 2.19. The highest BCUT2D eigenvalue weighted by atomic mass is 16.5. The van der Waals surface area contributed by atoms with Gasteiger partial charge in [-0.2, -0.15) is 0 Å². The van der Waals surface area contributed by atoms with Crippen molar-refractivity contribution in [2.75, 3.05) is 13.7 Å². The van der Waals surface area contributed by atoms with E-state index in [0.29, 0.717) is 6.54 Å². The second kappa shape index (κ2) is 6.88. The number of nitrogens with one attached hydrogen (secondary N) is 2. The van der Waals surface area contributed by atoms with Crippen LogP contribution in [0.1, 0.15) is 27.3 Å². The van der Waals surface area contributed by atoms with Crippen LogP contribution >= 0.6 is 0 Å². The van der Waals surface area contributed by atoms with E-state index >= 15 is 0 Å². The lowest BCUT2D eigenvalue weighted by Gasteiger charge is -2.10. The molecule has 1 amide bonds. The lowest BCUT2D eigenvalue weighted by atomic mass is 10.1. The van der Waals surface area contributed by atoms with E-state index < -0.39 is 0 Å². The second-order valence-corrected chi connectivity index (χ2v) is 6.16. The van der Waals surface area contributed by atoms with E-state index in [-0.39, 0.29) is 5.91 Å². The summed E-state index contributed by atoms with van der Waals surface area (Å²) in [4.78, 5) is 19.7. The summed E-state index contributed by atoms with van der Waals surface area (Å²) in [5, 5.41) is 2.87. The average molecular weight is 345 g/mol. The van der Waals surface area contributed by atoms with Gasteiger partial charge in [0.05, 0.1) is 18.4 Å². The third kappa shape index (κ3) is 3.24. The van der Waals surface area contributed by atoms with Crippen LogP contribution in [-0.4, -0.2) is 29.5 Å². The van der Waals surface area contributed by atoms with E-state index in [0.717, 1.165) is 45.9 Å². The molecule has 5 heteroatoms. The number of pyridine rings is 1. The lowest BCUT2D eigenvalue weighted by molar-refractivity contribution is 0.0946. The molecule has 1 aliphatic heterocycles. The molecule has 0 saturated carbocycles. The fourth-order valence-corrected chi connectivity index (χ4v) is 3.05. The first-order valence-corrected chi connectivity index (χ1v) is 8.51. The number of hydrogen-bond acceptors (Lipinski definition) is 3. The molecule has 0 saturated heterocycles. The summed E-state index contributed by atoms with van der Waals surface area (Å²) >= 11 is 0. The Hall–Kier alpha value is -3.34. The smallest absolute Gasteiger partial charge is 0.253 e. The molecule has 0 aliphatic carbocycles. The van der Waals surface area contributed by atoms with Crippen LogP contribution in [0.3, 0.4) is 0 Å². The number of rotatable bonds is 4. The van der Waals surface area contributed by atoms with Crippen LogP contribution < -0.4 is 10.1 Å². The first-order chi connectivity index (χ1) is 12.7. The van der Waals surface area contributed by atoms with Crippen molar-refractivity contribution in [3.8, 4) is 17.0 Å². The van der Waals surface area contributed by atoms with Gasteiger partial charge in [0.25, 0.3) is 5.91 Å². The monoisotopic (exact) mass is 345 g/mol. The predicted octanol–water partition coefficient (Wildman–Crippen LogP) is 3.54. The maximum atomic E-state index is 11.9. The number of methoxy groups -OCH3 is 1. The standard InChI is InChI=1S/C21H19N3O2/c1-26-17-6-3-14(4-7-17)2-5-16-12-15(8-10-22-16)20-13-18-19(24-20)9-11-23-21(18)25/h2-8,10,12-13,24H,9,11H2,1H3,(H,23,25)/b5-2-. The molecule has 26 heavy (non-hydrogen) atoms. The normalized spacial score (nSPS) is 13.5. The van der Waals surface area contributed by atoms with Crippen LogP contribution in [0.25, 0.3) is 23.4 Å². The molecule has 0 radical (unpaired) electrons. The van der Waals surface area contributed by atoms with Gasteiger partial charge in [-0.1, -0.05) is 18.2 Å². The van der Waals surface area contributed by atoms with Crippen molar-refractivity contribution >= 4 is 18.1 Å². The molecular formula is C21H19N3O2. The van der Waals surface area contributed by atoms with E-state index in [2.05, 4.69) is 15.3 Å². The number of aromatic nitrogens is 2. The van der Waals surface area contributed by atoms with Crippen molar-refractivity contribution < 1.29 is 9.53 Å². The molecule has 2 aromatic heterocycles. The number of H-pyrrole nitrogens is 1. The van der Waals surface area contributed by atoms with Gasteiger partial charge in [-0.05, 0) is 42.0 Å². The Morgan fingerprint density at radius 3 is 2.73 bits per heavy atom. The molecular weight excluding hydrogens is 326 g/mol. The molecule has 0 bridgehead atoms. The van der Waals surface area contributed by atoms with Gasteiger partial charge in [0.1, 0.15) is 5.75 Å². The first-order valence-electron chi connectivity index (χ1n) is 8.51. The maximum absolute atomic E-state index is 11.9. The topological polar surface area (TPSA) is 67.0 Å². The van der Waals surface area contributed by atoms with Gasteiger partial charge in [-0.25, -0.2) is 0 Å². The Bertz CT molecular complexity index is 971. The molecule has 2 N–H and O–H groups in total. The van der Waals surface area contributed by atoms with Crippen molar-refractivity contribution in [1.29, 1.82) is 0 Å². The molecule has 0 spiro atoms. The summed E-state index contributed by atoms with van der Waals surface area (Å²) in [6, 6.07) is 13.7. The van der Waals surface area contributed by atoms with E-state index in [1.54, 1.807) is 13.3 Å². The number of carbonyl (C=O) groups excluding carboxylic acids is 1. The Balaban J connectivity index is 1.58. The van der Waals surface area contributed by atoms with Crippen LogP contribution in [0.15, 0.2) is 48.7 Å². The summed E-state index contributed by atoms with van der Waals surface area (Å²) < 4.78 is 5.17. The zero-order valence-electron chi connectivity index (χ0n) is 14.5.